The molecule has 3 aromatic carbocycles. The summed E-state index contributed by atoms with van der Waals surface area (Å²) in [5, 5.41) is 3.51. The van der Waals surface area contributed by atoms with Gasteiger partial charge in [-0.3, -0.25) is 4.79 Å². The second-order valence-electron chi connectivity index (χ2n) is 8.60. The largest absolute Gasteiger partial charge is 0.325 e. The second kappa shape index (κ2) is 10.5. The Bertz CT molecular complexity index is 1330. The Morgan fingerprint density at radius 2 is 1.47 bits per heavy atom. The number of sulfonamides is 1. The van der Waals surface area contributed by atoms with Crippen LogP contribution in [0.2, 0.25) is 10.0 Å². The number of hydrogen-bond acceptors (Lipinski definition) is 3. The third kappa shape index (κ3) is 5.99. The third-order valence-electron chi connectivity index (χ3n) is 5.66. The molecule has 0 spiro atoms. The fourth-order valence-electron chi connectivity index (χ4n) is 3.95. The molecule has 0 aliphatic carbocycles. The highest BCUT2D eigenvalue weighted by Gasteiger charge is 2.30. The number of anilines is 1. The van der Waals surface area contributed by atoms with Gasteiger partial charge in [0.1, 0.15) is 0 Å². The van der Waals surface area contributed by atoms with Crippen LogP contribution in [0.4, 0.5) is 5.69 Å². The lowest BCUT2D eigenvalue weighted by atomic mass is 10.1. The van der Waals surface area contributed by atoms with Gasteiger partial charge in [0.05, 0.1) is 21.5 Å². The number of hydrogen-bond donors (Lipinski definition) is 1. The molecular formula is C26H28Cl2N2O3S. The monoisotopic (exact) mass is 518 g/mol. The molecule has 3 aromatic rings. The van der Waals surface area contributed by atoms with E-state index in [1.54, 1.807) is 38.1 Å². The predicted octanol–water partition coefficient (Wildman–Crippen LogP) is 6.37. The second-order valence-corrected chi connectivity index (χ2v) is 11.3. The fraction of sp³-hybridized carbons (Fsp3) is 0.269. The summed E-state index contributed by atoms with van der Waals surface area (Å²) in [7, 11) is -4.01. The lowest BCUT2D eigenvalue weighted by Crippen LogP contribution is -2.38. The molecule has 1 amide bonds. The maximum atomic E-state index is 13.8. The van der Waals surface area contributed by atoms with Crippen molar-refractivity contribution in [3.8, 4) is 0 Å². The SMILES string of the molecule is Cc1cc(C)c(S(=O)(=O)N(CC(=O)Nc2ccc(C)c(C)c2)Cc2ccc(Cl)c(Cl)c2)c(C)c1. The zero-order chi connectivity index (χ0) is 25.2. The highest BCUT2D eigenvalue weighted by Crippen LogP contribution is 2.28. The van der Waals surface area contributed by atoms with E-state index in [9.17, 15) is 13.2 Å². The van der Waals surface area contributed by atoms with Crippen LogP contribution in [0.25, 0.3) is 0 Å². The minimum atomic E-state index is -4.01. The van der Waals surface area contributed by atoms with Gasteiger partial charge in [-0.25, -0.2) is 8.42 Å². The standard InChI is InChI=1S/C26H28Cl2N2O3S/c1-16-10-19(4)26(20(5)11-16)34(32,33)30(14-21-7-9-23(27)24(28)13-21)15-25(31)29-22-8-6-17(2)18(3)12-22/h6-13H,14-15H2,1-5H3,(H,29,31). The first-order valence-electron chi connectivity index (χ1n) is 10.8. The van der Waals surface area contributed by atoms with Gasteiger partial charge in [-0.05, 0) is 86.7 Å². The minimum absolute atomic E-state index is 0.0354. The normalized spacial score (nSPS) is 11.6. The molecule has 34 heavy (non-hydrogen) atoms. The lowest BCUT2D eigenvalue weighted by Gasteiger charge is -2.24. The summed E-state index contributed by atoms with van der Waals surface area (Å²) in [6.07, 6.45) is 0. The van der Waals surface area contributed by atoms with Crippen molar-refractivity contribution >= 4 is 44.8 Å². The number of aryl methyl sites for hydroxylation is 5. The first-order valence-corrected chi connectivity index (χ1v) is 13.0. The minimum Gasteiger partial charge on any atom is -0.325 e. The molecule has 8 heteroatoms. The maximum absolute atomic E-state index is 13.8. The number of rotatable bonds is 7. The van der Waals surface area contributed by atoms with Gasteiger partial charge in [0, 0.05) is 12.2 Å². The zero-order valence-electron chi connectivity index (χ0n) is 19.9. The highest BCUT2D eigenvalue weighted by atomic mass is 35.5. The molecule has 0 atom stereocenters. The summed E-state index contributed by atoms with van der Waals surface area (Å²) in [5.41, 5.74) is 5.60. The van der Waals surface area contributed by atoms with Gasteiger partial charge < -0.3 is 5.32 Å². The average Bonchev–Trinajstić information content (AvgIpc) is 2.72. The van der Waals surface area contributed by atoms with Crippen molar-refractivity contribution in [3.63, 3.8) is 0 Å². The zero-order valence-corrected chi connectivity index (χ0v) is 22.2. The summed E-state index contributed by atoms with van der Waals surface area (Å²) in [4.78, 5) is 13.2. The summed E-state index contributed by atoms with van der Waals surface area (Å²) in [6.45, 7) is 8.99. The molecule has 0 unspecified atom stereocenters. The van der Waals surface area contributed by atoms with Crippen LogP contribution in [0, 0.1) is 34.6 Å². The Morgan fingerprint density at radius 3 is 2.06 bits per heavy atom. The van der Waals surface area contributed by atoms with Crippen LogP contribution in [-0.2, 0) is 21.4 Å². The number of benzene rings is 3. The average molecular weight is 519 g/mol. The van der Waals surface area contributed by atoms with E-state index in [0.29, 0.717) is 32.4 Å². The van der Waals surface area contributed by atoms with E-state index < -0.39 is 15.9 Å². The molecule has 1 N–H and O–H groups in total. The van der Waals surface area contributed by atoms with E-state index >= 15 is 0 Å². The predicted molar refractivity (Wildman–Crippen MR) is 139 cm³/mol. The summed E-state index contributed by atoms with van der Waals surface area (Å²) >= 11 is 12.2. The Labute approximate surface area is 211 Å². The van der Waals surface area contributed by atoms with E-state index in [2.05, 4.69) is 5.32 Å². The van der Waals surface area contributed by atoms with Crippen molar-refractivity contribution in [2.75, 3.05) is 11.9 Å². The molecule has 180 valence electrons. The van der Waals surface area contributed by atoms with Crippen molar-refractivity contribution in [2.24, 2.45) is 0 Å². The van der Waals surface area contributed by atoms with Crippen molar-refractivity contribution in [1.29, 1.82) is 0 Å². The smallest absolute Gasteiger partial charge is 0.244 e. The summed E-state index contributed by atoms with van der Waals surface area (Å²) < 4.78 is 28.8. The van der Waals surface area contributed by atoms with Gasteiger partial charge >= 0.3 is 0 Å². The van der Waals surface area contributed by atoms with E-state index in [4.69, 9.17) is 23.2 Å². The number of carbonyl (C=O) groups excluding carboxylic acids is 1. The van der Waals surface area contributed by atoms with E-state index in [-0.39, 0.29) is 18.0 Å². The van der Waals surface area contributed by atoms with Crippen LogP contribution in [0.15, 0.2) is 53.4 Å². The number of nitrogens with one attached hydrogen (secondary N) is 1. The van der Waals surface area contributed by atoms with Crippen molar-refractivity contribution < 1.29 is 13.2 Å². The Kier molecular flexibility index (Phi) is 8.09. The summed E-state index contributed by atoms with van der Waals surface area (Å²) in [6, 6.07) is 14.1. The molecule has 0 aliphatic heterocycles. The Balaban J connectivity index is 1.98. The lowest BCUT2D eigenvalue weighted by molar-refractivity contribution is -0.116. The van der Waals surface area contributed by atoms with Crippen LogP contribution in [-0.4, -0.2) is 25.2 Å². The van der Waals surface area contributed by atoms with Gasteiger partial charge in [0.25, 0.3) is 0 Å². The highest BCUT2D eigenvalue weighted by molar-refractivity contribution is 7.89. The van der Waals surface area contributed by atoms with Crippen molar-refractivity contribution in [2.45, 2.75) is 46.1 Å². The molecule has 0 bridgehead atoms. The fourth-order valence-corrected chi connectivity index (χ4v) is 6.07. The van der Waals surface area contributed by atoms with Gasteiger partial charge in [0.2, 0.25) is 15.9 Å². The Morgan fingerprint density at radius 1 is 0.824 bits per heavy atom. The van der Waals surface area contributed by atoms with Crippen LogP contribution in [0.1, 0.15) is 33.4 Å². The van der Waals surface area contributed by atoms with Crippen LogP contribution in [0.3, 0.4) is 0 Å². The topological polar surface area (TPSA) is 66.5 Å². The van der Waals surface area contributed by atoms with Crippen molar-refractivity contribution in [1.82, 2.24) is 4.31 Å². The molecular weight excluding hydrogens is 491 g/mol. The van der Waals surface area contributed by atoms with Gasteiger partial charge in [-0.15, -0.1) is 0 Å². The number of amides is 1. The first kappa shape index (κ1) is 26.2. The quantitative estimate of drug-likeness (QED) is 0.395. The summed E-state index contributed by atoms with van der Waals surface area (Å²) in [5.74, 6) is -0.436. The van der Waals surface area contributed by atoms with Crippen LogP contribution in [0.5, 0.6) is 0 Å². The molecule has 0 heterocycles. The van der Waals surface area contributed by atoms with E-state index in [1.807, 2.05) is 45.0 Å². The van der Waals surface area contributed by atoms with E-state index in [1.165, 1.54) is 4.31 Å². The molecule has 0 saturated heterocycles. The van der Waals surface area contributed by atoms with Gasteiger partial charge in [-0.2, -0.15) is 4.31 Å². The molecule has 0 aromatic heterocycles. The van der Waals surface area contributed by atoms with Crippen LogP contribution < -0.4 is 5.32 Å². The van der Waals surface area contributed by atoms with Crippen molar-refractivity contribution in [3.05, 3.63) is 92.0 Å². The first-order chi connectivity index (χ1) is 15.9. The number of nitrogens with zero attached hydrogens (tertiary/aromatic N) is 1. The van der Waals surface area contributed by atoms with Gasteiger partial charge in [-0.1, -0.05) is 53.0 Å². The molecule has 0 fully saturated rings. The maximum Gasteiger partial charge on any atom is 0.244 e. The molecule has 0 saturated carbocycles. The molecule has 0 aliphatic rings. The van der Waals surface area contributed by atoms with Gasteiger partial charge in [0.15, 0.2) is 0 Å². The molecule has 3 rings (SSSR count). The third-order valence-corrected chi connectivity index (χ3v) is 8.49. The number of halogens is 2. The molecule has 5 nitrogen and oxygen atoms in total. The van der Waals surface area contributed by atoms with Crippen LogP contribution >= 0.6 is 23.2 Å². The molecule has 0 radical (unpaired) electrons. The van der Waals surface area contributed by atoms with E-state index in [0.717, 1.165) is 16.7 Å². The Hall–Kier alpha value is -2.38. The number of carbonyl (C=O) groups is 1.